The van der Waals surface area contributed by atoms with Gasteiger partial charge in [0.25, 0.3) is 5.91 Å². The molecule has 5 rings (SSSR count). The number of fused-ring (bicyclic) bond motifs is 1. The molecule has 0 spiro atoms. The van der Waals surface area contributed by atoms with E-state index in [1.807, 2.05) is 66.9 Å². The number of anilines is 2. The van der Waals surface area contributed by atoms with Gasteiger partial charge in [-0.15, -0.1) is 0 Å². The molecule has 4 aromatic rings. The summed E-state index contributed by atoms with van der Waals surface area (Å²) in [5, 5.41) is 14.1. The predicted molar refractivity (Wildman–Crippen MR) is 133 cm³/mol. The molecule has 0 radical (unpaired) electrons. The minimum Gasteiger partial charge on any atom is -0.387 e. The van der Waals surface area contributed by atoms with E-state index in [1.54, 1.807) is 6.33 Å². The highest BCUT2D eigenvalue weighted by atomic mass is 16.3. The SMILES string of the molecule is CN(c1ccc(C(=O)NC[C@H](O)c2ccccc2)cc1)[C@@H]1CCN(c2ncnc3[nH]ccc23)C1. The lowest BCUT2D eigenvalue weighted by molar-refractivity contribution is 0.0916. The number of nitrogens with zero attached hydrogens (tertiary/aromatic N) is 4. The van der Waals surface area contributed by atoms with Gasteiger partial charge >= 0.3 is 0 Å². The summed E-state index contributed by atoms with van der Waals surface area (Å²) in [5.41, 5.74) is 3.26. The van der Waals surface area contributed by atoms with Crippen LogP contribution in [-0.2, 0) is 0 Å². The van der Waals surface area contributed by atoms with E-state index in [1.165, 1.54) is 0 Å². The Hall–Kier alpha value is -3.91. The Morgan fingerprint density at radius 2 is 1.97 bits per heavy atom. The molecule has 0 bridgehead atoms. The Morgan fingerprint density at radius 3 is 2.76 bits per heavy atom. The van der Waals surface area contributed by atoms with Crippen LogP contribution in [0.25, 0.3) is 11.0 Å². The predicted octanol–water partition coefficient (Wildman–Crippen LogP) is 3.14. The van der Waals surface area contributed by atoms with Crippen LogP contribution < -0.4 is 15.1 Å². The quantitative estimate of drug-likeness (QED) is 0.395. The molecule has 0 unspecified atom stereocenters. The third-order valence-corrected chi connectivity index (χ3v) is 6.52. The van der Waals surface area contributed by atoms with Gasteiger partial charge in [0, 0.05) is 50.2 Å². The zero-order valence-electron chi connectivity index (χ0n) is 19.1. The van der Waals surface area contributed by atoms with E-state index in [2.05, 4.69) is 37.1 Å². The van der Waals surface area contributed by atoms with Gasteiger partial charge in [0.2, 0.25) is 0 Å². The Kier molecular flexibility index (Phi) is 6.14. The lowest BCUT2D eigenvalue weighted by Gasteiger charge is -2.27. The molecule has 2 aromatic heterocycles. The van der Waals surface area contributed by atoms with Gasteiger partial charge in [-0.1, -0.05) is 30.3 Å². The molecule has 34 heavy (non-hydrogen) atoms. The second kappa shape index (κ2) is 9.52. The smallest absolute Gasteiger partial charge is 0.251 e. The zero-order valence-corrected chi connectivity index (χ0v) is 19.1. The van der Waals surface area contributed by atoms with Crippen LogP contribution in [0.3, 0.4) is 0 Å². The highest BCUT2D eigenvalue weighted by molar-refractivity contribution is 5.94. The second-order valence-electron chi connectivity index (χ2n) is 8.62. The molecular weight excluding hydrogens is 428 g/mol. The minimum atomic E-state index is -0.733. The normalized spacial score (nSPS) is 16.5. The summed E-state index contributed by atoms with van der Waals surface area (Å²) in [7, 11) is 2.09. The number of aromatic nitrogens is 3. The fourth-order valence-electron chi connectivity index (χ4n) is 4.50. The maximum absolute atomic E-state index is 12.5. The fourth-order valence-corrected chi connectivity index (χ4v) is 4.50. The van der Waals surface area contributed by atoms with Gasteiger partial charge in [-0.2, -0.15) is 0 Å². The van der Waals surface area contributed by atoms with Crippen molar-refractivity contribution in [2.24, 2.45) is 0 Å². The molecule has 1 amide bonds. The van der Waals surface area contributed by atoms with Crippen LogP contribution in [0.1, 0.15) is 28.4 Å². The number of aliphatic hydroxyl groups is 1. The molecule has 1 aliphatic heterocycles. The van der Waals surface area contributed by atoms with Crippen LogP contribution in [0.4, 0.5) is 11.5 Å². The third kappa shape index (κ3) is 4.45. The van der Waals surface area contributed by atoms with Gasteiger partial charge < -0.3 is 25.2 Å². The number of nitrogens with one attached hydrogen (secondary N) is 2. The monoisotopic (exact) mass is 456 g/mol. The molecule has 0 saturated carbocycles. The van der Waals surface area contributed by atoms with Crippen LogP contribution in [-0.4, -0.2) is 58.7 Å². The number of hydrogen-bond acceptors (Lipinski definition) is 6. The van der Waals surface area contributed by atoms with Crippen molar-refractivity contribution in [3.8, 4) is 0 Å². The Morgan fingerprint density at radius 1 is 1.18 bits per heavy atom. The zero-order chi connectivity index (χ0) is 23.5. The number of carbonyl (C=O) groups excluding carboxylic acids is 1. The molecule has 1 saturated heterocycles. The highest BCUT2D eigenvalue weighted by Crippen LogP contribution is 2.28. The summed E-state index contributed by atoms with van der Waals surface area (Å²) in [6.45, 7) is 1.96. The molecule has 3 N–H and O–H groups in total. The number of amides is 1. The van der Waals surface area contributed by atoms with E-state index in [0.717, 1.165) is 47.6 Å². The molecule has 1 fully saturated rings. The first-order chi connectivity index (χ1) is 16.6. The first kappa shape index (κ1) is 21.9. The van der Waals surface area contributed by atoms with Gasteiger partial charge in [-0.3, -0.25) is 4.79 Å². The summed E-state index contributed by atoms with van der Waals surface area (Å²) in [4.78, 5) is 29.1. The number of hydrogen-bond donors (Lipinski definition) is 3. The van der Waals surface area contributed by atoms with Gasteiger partial charge in [-0.25, -0.2) is 9.97 Å². The van der Waals surface area contributed by atoms with Crippen LogP contribution >= 0.6 is 0 Å². The third-order valence-electron chi connectivity index (χ3n) is 6.52. The Bertz CT molecular complexity index is 1260. The number of aliphatic hydroxyl groups excluding tert-OH is 1. The van der Waals surface area contributed by atoms with Crippen molar-refractivity contribution in [2.45, 2.75) is 18.6 Å². The van der Waals surface area contributed by atoms with E-state index in [-0.39, 0.29) is 12.5 Å². The van der Waals surface area contributed by atoms with Gasteiger partial charge in [0.05, 0.1) is 11.5 Å². The van der Waals surface area contributed by atoms with Gasteiger partial charge in [0.1, 0.15) is 17.8 Å². The van der Waals surface area contributed by atoms with Crippen molar-refractivity contribution in [3.05, 3.63) is 84.3 Å². The van der Waals surface area contributed by atoms with E-state index in [0.29, 0.717) is 11.6 Å². The average molecular weight is 457 g/mol. The van der Waals surface area contributed by atoms with Crippen molar-refractivity contribution in [2.75, 3.05) is 36.5 Å². The lowest BCUT2D eigenvalue weighted by Crippen LogP contribution is -2.34. The van der Waals surface area contributed by atoms with E-state index < -0.39 is 6.10 Å². The van der Waals surface area contributed by atoms with Crippen LogP contribution in [0, 0.1) is 0 Å². The highest BCUT2D eigenvalue weighted by Gasteiger charge is 2.28. The number of aromatic amines is 1. The molecule has 2 aromatic carbocycles. The molecule has 8 heteroatoms. The van der Waals surface area contributed by atoms with Crippen molar-refractivity contribution < 1.29 is 9.90 Å². The molecule has 2 atom stereocenters. The number of rotatable bonds is 7. The van der Waals surface area contributed by atoms with Crippen molar-refractivity contribution in [1.29, 1.82) is 0 Å². The van der Waals surface area contributed by atoms with E-state index in [4.69, 9.17) is 0 Å². The van der Waals surface area contributed by atoms with E-state index >= 15 is 0 Å². The maximum atomic E-state index is 12.5. The summed E-state index contributed by atoms with van der Waals surface area (Å²) in [6, 6.07) is 19.3. The van der Waals surface area contributed by atoms with Crippen LogP contribution in [0.2, 0.25) is 0 Å². The Balaban J connectivity index is 1.19. The maximum Gasteiger partial charge on any atom is 0.251 e. The molecule has 8 nitrogen and oxygen atoms in total. The number of benzene rings is 2. The number of H-pyrrole nitrogens is 1. The lowest BCUT2D eigenvalue weighted by atomic mass is 10.1. The van der Waals surface area contributed by atoms with Crippen LogP contribution in [0.5, 0.6) is 0 Å². The molecule has 174 valence electrons. The number of likely N-dealkylation sites (N-methyl/N-ethyl adjacent to an activating group) is 1. The summed E-state index contributed by atoms with van der Waals surface area (Å²) >= 11 is 0. The Labute approximate surface area is 198 Å². The molecule has 1 aliphatic rings. The largest absolute Gasteiger partial charge is 0.387 e. The van der Waals surface area contributed by atoms with Crippen LogP contribution in [0.15, 0.2) is 73.2 Å². The van der Waals surface area contributed by atoms with Gasteiger partial charge in [0.15, 0.2) is 0 Å². The van der Waals surface area contributed by atoms with E-state index in [9.17, 15) is 9.90 Å². The van der Waals surface area contributed by atoms with Crippen molar-refractivity contribution in [3.63, 3.8) is 0 Å². The summed E-state index contributed by atoms with van der Waals surface area (Å²) in [5.74, 6) is 0.766. The average Bonchev–Trinajstić information content (AvgIpc) is 3.57. The molecule has 0 aliphatic carbocycles. The standard InChI is InChI=1S/C26H28N6O2/c1-31(21-12-14-32(16-21)25-22-11-13-27-24(22)29-17-30-25)20-9-7-19(8-10-20)26(34)28-15-23(33)18-5-3-2-4-6-18/h2-11,13,17,21,23,33H,12,14-16H2,1H3,(H,28,34)(H,27,29,30)/t21-,23+/m1/s1. The van der Waals surface area contributed by atoms with Crippen molar-refractivity contribution >= 4 is 28.4 Å². The first-order valence-corrected chi connectivity index (χ1v) is 11.5. The summed E-state index contributed by atoms with van der Waals surface area (Å²) < 4.78 is 0. The second-order valence-corrected chi connectivity index (χ2v) is 8.62. The number of carbonyl (C=O) groups is 1. The van der Waals surface area contributed by atoms with Crippen molar-refractivity contribution in [1.82, 2.24) is 20.3 Å². The molecular formula is C26H28N6O2. The summed E-state index contributed by atoms with van der Waals surface area (Å²) in [6.07, 6.45) is 3.78. The van der Waals surface area contributed by atoms with Gasteiger partial charge in [-0.05, 0) is 42.3 Å². The first-order valence-electron chi connectivity index (χ1n) is 11.5. The minimum absolute atomic E-state index is 0.167. The fraction of sp³-hybridized carbons (Fsp3) is 0.269. The molecule has 3 heterocycles. The topological polar surface area (TPSA) is 97.4 Å².